The van der Waals surface area contributed by atoms with Crippen LogP contribution in [0.25, 0.3) is 0 Å². The Hall–Kier alpha value is -0.120. The summed E-state index contributed by atoms with van der Waals surface area (Å²) in [7, 11) is -4.33. The van der Waals surface area contributed by atoms with Gasteiger partial charge in [0.05, 0.1) is 4.75 Å². The second-order valence-electron chi connectivity index (χ2n) is 3.45. The molecule has 0 aromatic carbocycles. The van der Waals surface area contributed by atoms with Crippen molar-refractivity contribution in [3.05, 3.63) is 0 Å². The molecule has 0 aromatic rings. The summed E-state index contributed by atoms with van der Waals surface area (Å²) in [5.41, 5.74) is 0. The fourth-order valence-corrected chi connectivity index (χ4v) is 2.32. The van der Waals surface area contributed by atoms with Gasteiger partial charge in [-0.15, -0.1) is 3.89 Å². The summed E-state index contributed by atoms with van der Waals surface area (Å²) < 4.78 is 32.8. The van der Waals surface area contributed by atoms with E-state index in [0.717, 1.165) is 19.3 Å². The van der Waals surface area contributed by atoms with Crippen LogP contribution in [0.2, 0.25) is 0 Å². The van der Waals surface area contributed by atoms with Gasteiger partial charge in [0.2, 0.25) is 0 Å². The van der Waals surface area contributed by atoms with Crippen molar-refractivity contribution >= 4 is 10.2 Å². The normalized spacial score (nSPS) is 24.9. The summed E-state index contributed by atoms with van der Waals surface area (Å²) in [6, 6.07) is 0. The molecule has 2 nitrogen and oxygen atoms in total. The zero-order chi connectivity index (χ0) is 8.54. The molecule has 0 saturated heterocycles. The van der Waals surface area contributed by atoms with E-state index in [-0.39, 0.29) is 0 Å². The summed E-state index contributed by atoms with van der Waals surface area (Å²) in [5, 5.41) is 0. The Kier molecular flexibility index (Phi) is 2.23. The zero-order valence-corrected chi connectivity index (χ0v) is 7.45. The van der Waals surface area contributed by atoms with E-state index in [1.54, 1.807) is 0 Å². The molecule has 1 fully saturated rings. The van der Waals surface area contributed by atoms with Crippen LogP contribution in [-0.2, 0) is 10.2 Å². The van der Waals surface area contributed by atoms with Gasteiger partial charge in [-0.2, -0.15) is 8.42 Å². The Morgan fingerprint density at radius 2 is 1.64 bits per heavy atom. The predicted molar refractivity (Wildman–Crippen MR) is 41.5 cm³/mol. The third-order valence-corrected chi connectivity index (χ3v) is 4.09. The van der Waals surface area contributed by atoms with Gasteiger partial charge < -0.3 is 0 Å². The van der Waals surface area contributed by atoms with E-state index in [9.17, 15) is 12.3 Å². The lowest BCUT2D eigenvalue weighted by molar-refractivity contribution is 0.379. The highest BCUT2D eigenvalue weighted by molar-refractivity contribution is 7.87. The quantitative estimate of drug-likeness (QED) is 0.578. The van der Waals surface area contributed by atoms with Crippen LogP contribution >= 0.6 is 0 Å². The largest absolute Gasteiger partial charge is 0.307 e. The minimum absolute atomic E-state index is 0.478. The fourth-order valence-electron chi connectivity index (χ4n) is 1.54. The molecule has 1 aliphatic rings. The second kappa shape index (κ2) is 2.73. The highest BCUT2D eigenvalue weighted by Gasteiger charge is 2.40. The fraction of sp³-hybridized carbons (Fsp3) is 1.00. The maximum absolute atomic E-state index is 12.6. The number of hydrogen-bond donors (Lipinski definition) is 0. The van der Waals surface area contributed by atoms with E-state index in [0.29, 0.717) is 12.8 Å². The Morgan fingerprint density at radius 1 is 1.18 bits per heavy atom. The minimum atomic E-state index is -4.33. The average Bonchev–Trinajstić information content (AvgIpc) is 1.87. The Labute approximate surface area is 67.0 Å². The molecule has 1 rings (SSSR count). The topological polar surface area (TPSA) is 34.1 Å². The summed E-state index contributed by atoms with van der Waals surface area (Å²) in [6.45, 7) is 1.50. The van der Waals surface area contributed by atoms with Crippen molar-refractivity contribution in [2.75, 3.05) is 0 Å². The molecule has 0 heterocycles. The number of hydrogen-bond acceptors (Lipinski definition) is 2. The van der Waals surface area contributed by atoms with Crippen molar-refractivity contribution in [2.45, 2.75) is 43.8 Å². The van der Waals surface area contributed by atoms with Gasteiger partial charge in [-0.3, -0.25) is 0 Å². The molecule has 0 N–H and O–H groups in total. The first-order valence-corrected chi connectivity index (χ1v) is 5.28. The first kappa shape index (κ1) is 8.97. The Balaban J connectivity index is 2.81. The average molecular weight is 180 g/mol. The van der Waals surface area contributed by atoms with Gasteiger partial charge in [-0.25, -0.2) is 0 Å². The lowest BCUT2D eigenvalue weighted by atomic mass is 9.90. The SMILES string of the molecule is CC1(S(=O)(=O)F)CCCCC1. The van der Waals surface area contributed by atoms with Crippen LogP contribution in [-0.4, -0.2) is 13.2 Å². The molecule has 1 aliphatic carbocycles. The highest BCUT2D eigenvalue weighted by Crippen LogP contribution is 2.35. The van der Waals surface area contributed by atoms with Gasteiger partial charge in [-0.05, 0) is 19.8 Å². The van der Waals surface area contributed by atoms with Gasteiger partial charge in [0.25, 0.3) is 0 Å². The Morgan fingerprint density at radius 3 is 1.91 bits per heavy atom. The van der Waals surface area contributed by atoms with Crippen molar-refractivity contribution in [3.63, 3.8) is 0 Å². The van der Waals surface area contributed by atoms with Crippen LogP contribution in [0, 0.1) is 0 Å². The molecule has 0 aliphatic heterocycles. The zero-order valence-electron chi connectivity index (χ0n) is 6.64. The minimum Gasteiger partial charge on any atom is -0.194 e. The van der Waals surface area contributed by atoms with Gasteiger partial charge in [0.15, 0.2) is 0 Å². The van der Waals surface area contributed by atoms with Gasteiger partial charge in [0, 0.05) is 0 Å². The molecule has 0 atom stereocenters. The van der Waals surface area contributed by atoms with E-state index in [1.807, 2.05) is 0 Å². The van der Waals surface area contributed by atoms with Crippen LogP contribution < -0.4 is 0 Å². The van der Waals surface area contributed by atoms with E-state index in [1.165, 1.54) is 6.92 Å². The maximum atomic E-state index is 12.6. The van der Waals surface area contributed by atoms with Gasteiger partial charge in [0.1, 0.15) is 0 Å². The summed E-state index contributed by atoms with van der Waals surface area (Å²) in [5.74, 6) is 0. The molecule has 1 saturated carbocycles. The van der Waals surface area contributed by atoms with Crippen molar-refractivity contribution in [1.82, 2.24) is 0 Å². The number of rotatable bonds is 1. The first-order valence-electron chi connectivity index (χ1n) is 3.90. The van der Waals surface area contributed by atoms with Crippen LogP contribution in [0.1, 0.15) is 39.0 Å². The lowest BCUT2D eigenvalue weighted by Gasteiger charge is -2.28. The monoisotopic (exact) mass is 180 g/mol. The highest BCUT2D eigenvalue weighted by atomic mass is 32.3. The van der Waals surface area contributed by atoms with Crippen LogP contribution in [0.5, 0.6) is 0 Å². The van der Waals surface area contributed by atoms with Crippen molar-refractivity contribution in [2.24, 2.45) is 0 Å². The Bertz CT molecular complexity index is 227. The third-order valence-electron chi connectivity index (χ3n) is 2.50. The van der Waals surface area contributed by atoms with Crippen LogP contribution in [0.15, 0.2) is 0 Å². The standard InChI is InChI=1S/C7H13FO2S/c1-7(11(8,9)10)5-3-2-4-6-7/h2-6H2,1H3. The molecule has 0 spiro atoms. The molecule has 0 bridgehead atoms. The van der Waals surface area contributed by atoms with Crippen LogP contribution in [0.3, 0.4) is 0 Å². The third kappa shape index (κ3) is 1.72. The van der Waals surface area contributed by atoms with Crippen LogP contribution in [0.4, 0.5) is 3.89 Å². The van der Waals surface area contributed by atoms with Crippen molar-refractivity contribution in [3.8, 4) is 0 Å². The van der Waals surface area contributed by atoms with E-state index in [4.69, 9.17) is 0 Å². The van der Waals surface area contributed by atoms with Gasteiger partial charge >= 0.3 is 10.2 Å². The van der Waals surface area contributed by atoms with Gasteiger partial charge in [-0.1, -0.05) is 19.3 Å². The second-order valence-corrected chi connectivity index (χ2v) is 5.31. The predicted octanol–water partition coefficient (Wildman–Crippen LogP) is 2.01. The van der Waals surface area contributed by atoms with E-state index < -0.39 is 15.0 Å². The van der Waals surface area contributed by atoms with Crippen molar-refractivity contribution in [1.29, 1.82) is 0 Å². The maximum Gasteiger partial charge on any atom is 0.307 e. The van der Waals surface area contributed by atoms with Crippen molar-refractivity contribution < 1.29 is 12.3 Å². The molecule has 66 valence electrons. The molecular formula is C7H13FO2S. The molecule has 0 unspecified atom stereocenters. The molecule has 0 amide bonds. The smallest absolute Gasteiger partial charge is 0.194 e. The lowest BCUT2D eigenvalue weighted by Crippen LogP contribution is -2.34. The molecule has 0 aromatic heterocycles. The summed E-state index contributed by atoms with van der Waals surface area (Å²) in [6.07, 6.45) is 3.65. The van der Waals surface area contributed by atoms with E-state index >= 15 is 0 Å². The summed E-state index contributed by atoms with van der Waals surface area (Å²) >= 11 is 0. The molecule has 0 radical (unpaired) electrons. The molecule has 4 heteroatoms. The molecular weight excluding hydrogens is 167 g/mol. The van der Waals surface area contributed by atoms with E-state index in [2.05, 4.69) is 0 Å². The summed E-state index contributed by atoms with van der Waals surface area (Å²) in [4.78, 5) is 0. The first-order chi connectivity index (χ1) is 4.96. The molecule has 11 heavy (non-hydrogen) atoms. The number of halogens is 1.